The number of carbonyl (C=O) groups is 2. The topological polar surface area (TPSA) is 92.4 Å². The van der Waals surface area contributed by atoms with E-state index in [0.29, 0.717) is 18.8 Å². The van der Waals surface area contributed by atoms with Crippen molar-refractivity contribution in [3.05, 3.63) is 0 Å². The second-order valence-corrected chi connectivity index (χ2v) is 6.87. The van der Waals surface area contributed by atoms with Crippen molar-refractivity contribution in [1.29, 1.82) is 0 Å². The Bertz CT molecular complexity index is 391. The van der Waals surface area contributed by atoms with Gasteiger partial charge in [0, 0.05) is 0 Å². The standard InChI is InChI=1S/C15H26N2O3/c1-11-5-4-8-15(16,9-11)13(20)17-14(10-12(18)19)6-2-3-7-14/h11H,2-10,16H2,1H3,(H,17,20)(H,18,19). The highest BCUT2D eigenvalue weighted by atomic mass is 16.4. The van der Waals surface area contributed by atoms with Crippen LogP contribution in [0.5, 0.6) is 0 Å². The van der Waals surface area contributed by atoms with Gasteiger partial charge in [0.15, 0.2) is 0 Å². The molecule has 2 fully saturated rings. The van der Waals surface area contributed by atoms with Gasteiger partial charge in [0.2, 0.25) is 5.91 Å². The van der Waals surface area contributed by atoms with Crippen LogP contribution in [0.4, 0.5) is 0 Å². The van der Waals surface area contributed by atoms with Crippen molar-refractivity contribution in [2.45, 2.75) is 75.8 Å². The van der Waals surface area contributed by atoms with Crippen LogP contribution in [-0.4, -0.2) is 28.1 Å². The minimum Gasteiger partial charge on any atom is -0.481 e. The summed E-state index contributed by atoms with van der Waals surface area (Å²) in [5.41, 5.74) is 4.91. The number of hydrogen-bond acceptors (Lipinski definition) is 3. The molecule has 1 amide bonds. The number of hydrogen-bond donors (Lipinski definition) is 3. The molecule has 2 aliphatic rings. The summed E-state index contributed by atoms with van der Waals surface area (Å²) in [5.74, 6) is -0.541. The van der Waals surface area contributed by atoms with E-state index in [1.165, 1.54) is 0 Å². The van der Waals surface area contributed by atoms with Crippen molar-refractivity contribution in [1.82, 2.24) is 5.32 Å². The normalized spacial score (nSPS) is 32.8. The Morgan fingerprint density at radius 1 is 1.25 bits per heavy atom. The quantitative estimate of drug-likeness (QED) is 0.733. The summed E-state index contributed by atoms with van der Waals surface area (Å²) in [6, 6.07) is 0. The maximum absolute atomic E-state index is 12.6. The lowest BCUT2D eigenvalue weighted by Crippen LogP contribution is -2.61. The van der Waals surface area contributed by atoms with E-state index in [1.54, 1.807) is 0 Å². The Labute approximate surface area is 120 Å². The number of nitrogens with two attached hydrogens (primary N) is 1. The molecule has 0 spiro atoms. The number of rotatable bonds is 4. The van der Waals surface area contributed by atoms with Crippen LogP contribution in [0, 0.1) is 5.92 Å². The maximum atomic E-state index is 12.6. The first-order valence-corrected chi connectivity index (χ1v) is 7.69. The molecule has 0 aromatic heterocycles. The van der Waals surface area contributed by atoms with Gasteiger partial charge in [-0.2, -0.15) is 0 Å². The van der Waals surface area contributed by atoms with E-state index in [2.05, 4.69) is 12.2 Å². The van der Waals surface area contributed by atoms with Crippen LogP contribution >= 0.6 is 0 Å². The van der Waals surface area contributed by atoms with Gasteiger partial charge < -0.3 is 16.2 Å². The van der Waals surface area contributed by atoms with Gasteiger partial charge in [-0.05, 0) is 31.6 Å². The average molecular weight is 282 g/mol. The minimum atomic E-state index is -0.852. The molecule has 0 bridgehead atoms. The van der Waals surface area contributed by atoms with Crippen molar-refractivity contribution in [2.75, 3.05) is 0 Å². The summed E-state index contributed by atoms with van der Waals surface area (Å²) in [4.78, 5) is 23.6. The van der Waals surface area contributed by atoms with E-state index in [9.17, 15) is 9.59 Å². The van der Waals surface area contributed by atoms with Crippen LogP contribution in [0.25, 0.3) is 0 Å². The monoisotopic (exact) mass is 282 g/mol. The minimum absolute atomic E-state index is 0.00434. The third-order valence-corrected chi connectivity index (χ3v) is 4.91. The number of amides is 1. The van der Waals surface area contributed by atoms with E-state index in [-0.39, 0.29) is 12.3 Å². The highest BCUT2D eigenvalue weighted by Crippen LogP contribution is 2.35. The molecule has 5 heteroatoms. The average Bonchev–Trinajstić information content (AvgIpc) is 2.76. The molecule has 114 valence electrons. The summed E-state index contributed by atoms with van der Waals surface area (Å²) in [7, 11) is 0. The highest BCUT2D eigenvalue weighted by molar-refractivity contribution is 5.87. The fourth-order valence-electron chi connectivity index (χ4n) is 3.85. The van der Waals surface area contributed by atoms with Crippen molar-refractivity contribution >= 4 is 11.9 Å². The summed E-state index contributed by atoms with van der Waals surface area (Å²) in [5, 5.41) is 12.1. The second kappa shape index (κ2) is 5.72. The summed E-state index contributed by atoms with van der Waals surface area (Å²) in [6.07, 6.45) is 6.93. The number of carbonyl (C=O) groups excluding carboxylic acids is 1. The Hall–Kier alpha value is -1.10. The van der Waals surface area contributed by atoms with Crippen LogP contribution in [0.2, 0.25) is 0 Å². The SMILES string of the molecule is CC1CCCC(N)(C(=O)NC2(CC(=O)O)CCCC2)C1. The third-order valence-electron chi connectivity index (χ3n) is 4.91. The molecular weight excluding hydrogens is 256 g/mol. The Morgan fingerprint density at radius 2 is 1.90 bits per heavy atom. The first-order valence-electron chi connectivity index (χ1n) is 7.69. The van der Waals surface area contributed by atoms with Crippen LogP contribution in [0.15, 0.2) is 0 Å². The zero-order valence-corrected chi connectivity index (χ0v) is 12.3. The van der Waals surface area contributed by atoms with E-state index in [0.717, 1.165) is 38.5 Å². The largest absolute Gasteiger partial charge is 0.481 e. The second-order valence-electron chi connectivity index (χ2n) is 6.87. The van der Waals surface area contributed by atoms with E-state index in [4.69, 9.17) is 10.8 Å². The molecular formula is C15H26N2O3. The molecule has 0 aromatic carbocycles. The molecule has 5 nitrogen and oxygen atoms in total. The summed E-state index contributed by atoms with van der Waals surface area (Å²) < 4.78 is 0. The lowest BCUT2D eigenvalue weighted by Gasteiger charge is -2.39. The van der Waals surface area contributed by atoms with Gasteiger partial charge >= 0.3 is 5.97 Å². The third kappa shape index (κ3) is 3.32. The van der Waals surface area contributed by atoms with Gasteiger partial charge in [0.05, 0.1) is 17.5 Å². The van der Waals surface area contributed by atoms with Gasteiger partial charge in [0.25, 0.3) is 0 Å². The van der Waals surface area contributed by atoms with Gasteiger partial charge in [-0.1, -0.05) is 32.6 Å². The van der Waals surface area contributed by atoms with Crippen LogP contribution in [0.1, 0.15) is 64.7 Å². The van der Waals surface area contributed by atoms with Crippen molar-refractivity contribution in [2.24, 2.45) is 11.7 Å². The molecule has 2 atom stereocenters. The molecule has 20 heavy (non-hydrogen) atoms. The Balaban J connectivity index is 2.06. The fourth-order valence-corrected chi connectivity index (χ4v) is 3.85. The Kier molecular flexibility index (Phi) is 4.37. The van der Waals surface area contributed by atoms with Crippen LogP contribution < -0.4 is 11.1 Å². The van der Waals surface area contributed by atoms with E-state index >= 15 is 0 Å². The van der Waals surface area contributed by atoms with Crippen LogP contribution in [0.3, 0.4) is 0 Å². The Morgan fingerprint density at radius 3 is 2.45 bits per heavy atom. The molecule has 0 aromatic rings. The van der Waals surface area contributed by atoms with Crippen molar-refractivity contribution < 1.29 is 14.7 Å². The number of aliphatic carboxylic acids is 1. The first kappa shape index (κ1) is 15.3. The smallest absolute Gasteiger partial charge is 0.305 e. The number of carboxylic acids is 1. The van der Waals surface area contributed by atoms with E-state index in [1.807, 2.05) is 0 Å². The zero-order chi connectivity index (χ0) is 14.8. The zero-order valence-electron chi connectivity index (χ0n) is 12.3. The van der Waals surface area contributed by atoms with Gasteiger partial charge in [-0.3, -0.25) is 9.59 Å². The highest BCUT2D eigenvalue weighted by Gasteiger charge is 2.44. The molecule has 2 saturated carbocycles. The number of carboxylic acid groups (broad SMARTS) is 1. The van der Waals surface area contributed by atoms with E-state index < -0.39 is 17.0 Å². The number of nitrogens with one attached hydrogen (secondary N) is 1. The molecule has 2 rings (SSSR count). The van der Waals surface area contributed by atoms with Crippen LogP contribution in [-0.2, 0) is 9.59 Å². The molecule has 0 radical (unpaired) electrons. The van der Waals surface area contributed by atoms with Gasteiger partial charge in [-0.15, -0.1) is 0 Å². The summed E-state index contributed by atoms with van der Waals surface area (Å²) >= 11 is 0. The predicted molar refractivity (Wildman–Crippen MR) is 76.1 cm³/mol. The molecule has 0 saturated heterocycles. The predicted octanol–water partition coefficient (Wildman–Crippen LogP) is 1.80. The first-order chi connectivity index (χ1) is 9.35. The van der Waals surface area contributed by atoms with Crippen molar-refractivity contribution in [3.63, 3.8) is 0 Å². The lowest BCUT2D eigenvalue weighted by molar-refractivity contribution is -0.139. The molecule has 2 aliphatic carbocycles. The maximum Gasteiger partial charge on any atom is 0.305 e. The molecule has 0 heterocycles. The molecule has 2 unspecified atom stereocenters. The molecule has 0 aliphatic heterocycles. The van der Waals surface area contributed by atoms with Gasteiger partial charge in [0.1, 0.15) is 0 Å². The lowest BCUT2D eigenvalue weighted by atomic mass is 9.76. The summed E-state index contributed by atoms with van der Waals surface area (Å²) in [6.45, 7) is 2.12. The van der Waals surface area contributed by atoms with Gasteiger partial charge in [-0.25, -0.2) is 0 Å². The molecule has 4 N–H and O–H groups in total. The van der Waals surface area contributed by atoms with Crippen molar-refractivity contribution in [3.8, 4) is 0 Å². The fraction of sp³-hybridized carbons (Fsp3) is 0.867.